The Morgan fingerprint density at radius 1 is 1.45 bits per heavy atom. The molecule has 1 aliphatic heterocycles. The maximum atomic E-state index is 12.1. The number of anilines is 1. The predicted octanol–water partition coefficient (Wildman–Crippen LogP) is 0.620. The summed E-state index contributed by atoms with van der Waals surface area (Å²) in [5, 5.41) is 14.6. The molecule has 0 aliphatic carbocycles. The minimum atomic E-state index is -0.146. The second kappa shape index (κ2) is 7.72. The van der Waals surface area contributed by atoms with Gasteiger partial charge in [0, 0.05) is 19.7 Å². The van der Waals surface area contributed by atoms with Crippen LogP contribution in [0, 0.1) is 0 Å². The van der Waals surface area contributed by atoms with Crippen LogP contribution >= 0.6 is 0 Å². The van der Waals surface area contributed by atoms with Crippen molar-refractivity contribution in [2.45, 2.75) is 6.42 Å². The molecule has 0 radical (unpaired) electrons. The minimum Gasteiger partial charge on any atom is -0.489 e. The number of carbonyl (C=O) groups excluding carboxylic acids is 1. The van der Waals surface area contributed by atoms with Gasteiger partial charge in [0.05, 0.1) is 24.5 Å². The van der Waals surface area contributed by atoms with Gasteiger partial charge in [-0.15, -0.1) is 0 Å². The number of carbonyl (C=O) groups is 1. The summed E-state index contributed by atoms with van der Waals surface area (Å²) >= 11 is 0. The largest absolute Gasteiger partial charge is 0.489 e. The van der Waals surface area contributed by atoms with E-state index in [-0.39, 0.29) is 12.5 Å². The molecular formula is C14H20N2O4. The first-order chi connectivity index (χ1) is 9.83. The number of aliphatic hydroxyl groups excluding tert-OH is 1. The average Bonchev–Trinajstić information content (AvgIpc) is 2.50. The fourth-order valence-corrected chi connectivity index (χ4v) is 1.99. The van der Waals surface area contributed by atoms with Crippen LogP contribution in [0.4, 0.5) is 5.69 Å². The molecule has 0 atom stereocenters. The highest BCUT2D eigenvalue weighted by atomic mass is 16.5. The standard InChI is InChI=1S/C14H20N2O4/c17-7-10-19-8-2-5-16-14(18)11-3-1-4-12-13(11)20-9-6-15-12/h1,3-4,15,17H,2,5-10H2,(H,16,18). The van der Waals surface area contributed by atoms with Crippen LogP contribution in [0.1, 0.15) is 16.8 Å². The van der Waals surface area contributed by atoms with Gasteiger partial charge in [-0.1, -0.05) is 6.07 Å². The van der Waals surface area contributed by atoms with Gasteiger partial charge in [0.15, 0.2) is 5.75 Å². The molecule has 3 N–H and O–H groups in total. The summed E-state index contributed by atoms with van der Waals surface area (Å²) in [6, 6.07) is 5.48. The van der Waals surface area contributed by atoms with E-state index in [1.165, 1.54) is 0 Å². The van der Waals surface area contributed by atoms with Gasteiger partial charge in [0.25, 0.3) is 5.91 Å². The van der Waals surface area contributed by atoms with E-state index in [2.05, 4.69) is 10.6 Å². The highest BCUT2D eigenvalue weighted by Gasteiger charge is 2.18. The van der Waals surface area contributed by atoms with E-state index < -0.39 is 0 Å². The van der Waals surface area contributed by atoms with Gasteiger partial charge in [-0.05, 0) is 18.6 Å². The van der Waals surface area contributed by atoms with Crippen molar-refractivity contribution in [3.63, 3.8) is 0 Å². The van der Waals surface area contributed by atoms with Crippen LogP contribution in [0.3, 0.4) is 0 Å². The van der Waals surface area contributed by atoms with Gasteiger partial charge in [-0.25, -0.2) is 0 Å². The van der Waals surface area contributed by atoms with Gasteiger partial charge >= 0.3 is 0 Å². The molecule has 0 aromatic heterocycles. The topological polar surface area (TPSA) is 79.8 Å². The van der Waals surface area contributed by atoms with E-state index in [1.807, 2.05) is 12.1 Å². The number of amides is 1. The molecule has 1 aliphatic rings. The summed E-state index contributed by atoms with van der Waals surface area (Å²) in [5.41, 5.74) is 1.40. The summed E-state index contributed by atoms with van der Waals surface area (Å²) in [6.07, 6.45) is 0.708. The lowest BCUT2D eigenvalue weighted by Gasteiger charge is -2.21. The molecule has 1 aromatic rings. The number of para-hydroxylation sites is 1. The van der Waals surface area contributed by atoms with Gasteiger partial charge in [0.1, 0.15) is 6.61 Å². The Morgan fingerprint density at radius 2 is 2.35 bits per heavy atom. The van der Waals surface area contributed by atoms with Gasteiger partial charge in [-0.3, -0.25) is 4.79 Å². The van der Waals surface area contributed by atoms with E-state index in [9.17, 15) is 4.79 Å². The molecule has 0 saturated carbocycles. The number of hydrogen-bond donors (Lipinski definition) is 3. The van der Waals surface area contributed by atoms with Gasteiger partial charge < -0.3 is 25.2 Å². The molecule has 0 unspecified atom stereocenters. The number of benzene rings is 1. The van der Waals surface area contributed by atoms with E-state index in [0.29, 0.717) is 44.1 Å². The lowest BCUT2D eigenvalue weighted by molar-refractivity contribution is 0.0866. The maximum absolute atomic E-state index is 12.1. The van der Waals surface area contributed by atoms with Crippen molar-refractivity contribution in [1.82, 2.24) is 5.32 Å². The van der Waals surface area contributed by atoms with Crippen LogP contribution in [-0.2, 0) is 4.74 Å². The van der Waals surface area contributed by atoms with E-state index in [1.54, 1.807) is 6.07 Å². The van der Waals surface area contributed by atoms with Crippen molar-refractivity contribution in [2.24, 2.45) is 0 Å². The molecule has 0 bridgehead atoms. The van der Waals surface area contributed by atoms with E-state index >= 15 is 0 Å². The van der Waals surface area contributed by atoms with Crippen molar-refractivity contribution >= 4 is 11.6 Å². The quantitative estimate of drug-likeness (QED) is 0.638. The fourth-order valence-electron chi connectivity index (χ4n) is 1.99. The van der Waals surface area contributed by atoms with Crippen LogP contribution in [0.5, 0.6) is 5.75 Å². The van der Waals surface area contributed by atoms with Gasteiger partial charge in [0.2, 0.25) is 0 Å². The molecule has 0 saturated heterocycles. The Balaban J connectivity index is 1.83. The molecule has 1 amide bonds. The normalized spacial score (nSPS) is 13.1. The first-order valence-corrected chi connectivity index (χ1v) is 6.79. The number of rotatable bonds is 7. The molecule has 2 rings (SSSR count). The fraction of sp³-hybridized carbons (Fsp3) is 0.500. The van der Waals surface area contributed by atoms with Crippen LogP contribution < -0.4 is 15.4 Å². The smallest absolute Gasteiger partial charge is 0.255 e. The van der Waals surface area contributed by atoms with Crippen LogP contribution in [0.15, 0.2) is 18.2 Å². The Bertz CT molecular complexity index is 451. The SMILES string of the molecule is O=C(NCCCOCCO)c1cccc2c1OCCN2. The zero-order chi connectivity index (χ0) is 14.2. The molecule has 1 aromatic carbocycles. The van der Waals surface area contributed by atoms with Crippen molar-refractivity contribution in [3.8, 4) is 5.75 Å². The lowest BCUT2D eigenvalue weighted by atomic mass is 10.1. The Labute approximate surface area is 118 Å². The third kappa shape index (κ3) is 3.85. The Hall–Kier alpha value is -1.79. The molecular weight excluding hydrogens is 260 g/mol. The molecule has 6 heteroatoms. The second-order valence-corrected chi connectivity index (χ2v) is 4.40. The monoisotopic (exact) mass is 280 g/mol. The van der Waals surface area contributed by atoms with Crippen molar-refractivity contribution in [1.29, 1.82) is 0 Å². The highest BCUT2D eigenvalue weighted by Crippen LogP contribution is 2.30. The Kier molecular flexibility index (Phi) is 5.64. The predicted molar refractivity (Wildman–Crippen MR) is 75.3 cm³/mol. The van der Waals surface area contributed by atoms with Crippen molar-refractivity contribution < 1.29 is 19.4 Å². The van der Waals surface area contributed by atoms with E-state index in [0.717, 1.165) is 12.2 Å². The molecule has 110 valence electrons. The zero-order valence-electron chi connectivity index (χ0n) is 11.4. The maximum Gasteiger partial charge on any atom is 0.255 e. The van der Waals surface area contributed by atoms with Crippen molar-refractivity contribution in [2.75, 3.05) is 44.8 Å². The van der Waals surface area contributed by atoms with Crippen LogP contribution in [0.25, 0.3) is 0 Å². The molecule has 0 fully saturated rings. The number of ether oxygens (including phenoxy) is 2. The third-order valence-electron chi connectivity index (χ3n) is 2.91. The highest BCUT2D eigenvalue weighted by molar-refractivity contribution is 5.98. The number of nitrogens with one attached hydrogen (secondary N) is 2. The summed E-state index contributed by atoms with van der Waals surface area (Å²) < 4.78 is 10.7. The molecule has 1 heterocycles. The minimum absolute atomic E-state index is 0.0207. The third-order valence-corrected chi connectivity index (χ3v) is 2.91. The second-order valence-electron chi connectivity index (χ2n) is 4.40. The number of aliphatic hydroxyl groups is 1. The number of hydrogen-bond acceptors (Lipinski definition) is 5. The first-order valence-electron chi connectivity index (χ1n) is 6.79. The summed E-state index contributed by atoms with van der Waals surface area (Å²) in [6.45, 7) is 2.71. The summed E-state index contributed by atoms with van der Waals surface area (Å²) in [4.78, 5) is 12.1. The molecule has 6 nitrogen and oxygen atoms in total. The lowest BCUT2D eigenvalue weighted by Crippen LogP contribution is -2.27. The summed E-state index contributed by atoms with van der Waals surface area (Å²) in [7, 11) is 0. The van der Waals surface area contributed by atoms with E-state index in [4.69, 9.17) is 14.6 Å². The first kappa shape index (κ1) is 14.6. The zero-order valence-corrected chi connectivity index (χ0v) is 11.4. The van der Waals surface area contributed by atoms with Gasteiger partial charge in [-0.2, -0.15) is 0 Å². The Morgan fingerprint density at radius 3 is 3.20 bits per heavy atom. The van der Waals surface area contributed by atoms with Crippen LogP contribution in [-0.4, -0.2) is 50.5 Å². The molecule has 20 heavy (non-hydrogen) atoms. The van der Waals surface area contributed by atoms with Crippen LogP contribution in [0.2, 0.25) is 0 Å². The number of fused-ring (bicyclic) bond motifs is 1. The molecule has 0 spiro atoms. The van der Waals surface area contributed by atoms with Crippen molar-refractivity contribution in [3.05, 3.63) is 23.8 Å². The summed E-state index contributed by atoms with van der Waals surface area (Å²) in [5.74, 6) is 0.473. The average molecular weight is 280 g/mol.